The first-order valence-corrected chi connectivity index (χ1v) is 6.15. The van der Waals surface area contributed by atoms with Gasteiger partial charge in [0, 0.05) is 19.7 Å². The Kier molecular flexibility index (Phi) is 4.19. The minimum absolute atomic E-state index is 0.000298. The van der Waals surface area contributed by atoms with Gasteiger partial charge in [-0.05, 0) is 19.3 Å². The smallest absolute Gasteiger partial charge is 0.315 e. The van der Waals surface area contributed by atoms with Gasteiger partial charge in [-0.1, -0.05) is 0 Å². The molecule has 2 aliphatic heterocycles. The molecular weight excluding hydrogens is 222 g/mol. The summed E-state index contributed by atoms with van der Waals surface area (Å²) in [7, 11) is 0. The van der Waals surface area contributed by atoms with Crippen LogP contribution in [0.25, 0.3) is 0 Å². The van der Waals surface area contributed by atoms with Crippen molar-refractivity contribution in [3.63, 3.8) is 0 Å². The van der Waals surface area contributed by atoms with E-state index >= 15 is 0 Å². The zero-order chi connectivity index (χ0) is 12.1. The lowest BCUT2D eigenvalue weighted by Crippen LogP contribution is -2.46. The number of nitrogens with zero attached hydrogens (tertiary/aromatic N) is 1. The third kappa shape index (κ3) is 3.59. The van der Waals surface area contributed by atoms with Gasteiger partial charge in [0.1, 0.15) is 0 Å². The highest BCUT2D eigenvalue weighted by Gasteiger charge is 2.20. The molecule has 2 rings (SSSR count). The second-order valence-corrected chi connectivity index (χ2v) is 4.48. The van der Waals surface area contributed by atoms with Crippen molar-refractivity contribution in [2.24, 2.45) is 0 Å². The average Bonchev–Trinajstić information content (AvgIpc) is 2.97. The second-order valence-electron chi connectivity index (χ2n) is 4.48. The maximum atomic E-state index is 11.6. The van der Waals surface area contributed by atoms with E-state index in [1.807, 2.05) is 0 Å². The zero-order valence-electron chi connectivity index (χ0n) is 9.91. The minimum Gasteiger partial charge on any atom is -0.379 e. The van der Waals surface area contributed by atoms with Crippen LogP contribution >= 0.6 is 0 Å². The van der Waals surface area contributed by atoms with Crippen LogP contribution in [0.4, 0.5) is 4.79 Å². The second kappa shape index (κ2) is 5.86. The normalized spacial score (nSPS) is 23.8. The molecule has 2 N–H and O–H groups in total. The number of likely N-dealkylation sites (tertiary alicyclic amines) is 1. The van der Waals surface area contributed by atoms with E-state index < -0.39 is 0 Å². The van der Waals surface area contributed by atoms with E-state index in [9.17, 15) is 9.59 Å². The Hall–Kier alpha value is -1.30. The first-order valence-electron chi connectivity index (χ1n) is 6.15. The molecule has 6 heteroatoms. The first-order chi connectivity index (χ1) is 8.25. The Balaban J connectivity index is 1.63. The molecule has 2 aliphatic rings. The van der Waals surface area contributed by atoms with Crippen LogP contribution in [0, 0.1) is 0 Å². The van der Waals surface area contributed by atoms with Gasteiger partial charge in [0.2, 0.25) is 5.91 Å². The lowest BCUT2D eigenvalue weighted by atomic mass is 10.3. The van der Waals surface area contributed by atoms with Crippen molar-refractivity contribution < 1.29 is 14.3 Å². The molecule has 0 spiro atoms. The third-order valence-electron chi connectivity index (χ3n) is 3.12. The van der Waals surface area contributed by atoms with Gasteiger partial charge in [0.05, 0.1) is 19.2 Å². The van der Waals surface area contributed by atoms with E-state index in [2.05, 4.69) is 10.6 Å². The zero-order valence-corrected chi connectivity index (χ0v) is 9.91. The molecule has 2 fully saturated rings. The number of carbonyl (C=O) groups is 2. The molecule has 96 valence electrons. The van der Waals surface area contributed by atoms with Crippen molar-refractivity contribution >= 4 is 11.9 Å². The fraction of sp³-hybridized carbons (Fsp3) is 0.818. The number of urea groups is 1. The summed E-state index contributed by atoms with van der Waals surface area (Å²) in [5.41, 5.74) is 0. The highest BCUT2D eigenvalue weighted by atomic mass is 16.5. The molecule has 0 aromatic rings. The highest BCUT2D eigenvalue weighted by Crippen LogP contribution is 2.06. The number of amides is 3. The number of nitrogens with one attached hydrogen (secondary N) is 2. The SMILES string of the molecule is O=C(NCC(=O)N1CCCC1)NC1CCOC1. The maximum absolute atomic E-state index is 11.6. The van der Waals surface area contributed by atoms with Crippen LogP contribution in [0.3, 0.4) is 0 Å². The summed E-state index contributed by atoms with van der Waals surface area (Å²) >= 11 is 0. The van der Waals surface area contributed by atoms with Crippen LogP contribution in [0.5, 0.6) is 0 Å². The van der Waals surface area contributed by atoms with E-state index in [4.69, 9.17) is 4.74 Å². The van der Waals surface area contributed by atoms with Gasteiger partial charge in [-0.15, -0.1) is 0 Å². The number of carbonyl (C=O) groups excluding carboxylic acids is 2. The van der Waals surface area contributed by atoms with Gasteiger partial charge in [0.25, 0.3) is 0 Å². The molecule has 0 radical (unpaired) electrons. The van der Waals surface area contributed by atoms with E-state index in [1.54, 1.807) is 4.90 Å². The number of rotatable bonds is 3. The van der Waals surface area contributed by atoms with Crippen LogP contribution < -0.4 is 10.6 Å². The lowest BCUT2D eigenvalue weighted by Gasteiger charge is -2.16. The van der Waals surface area contributed by atoms with Gasteiger partial charge in [0.15, 0.2) is 0 Å². The molecule has 1 atom stereocenters. The quantitative estimate of drug-likeness (QED) is 0.712. The van der Waals surface area contributed by atoms with Gasteiger partial charge in [-0.2, -0.15) is 0 Å². The number of ether oxygens (including phenoxy) is 1. The fourth-order valence-corrected chi connectivity index (χ4v) is 2.12. The molecular formula is C11H19N3O3. The molecule has 0 aromatic heterocycles. The van der Waals surface area contributed by atoms with Crippen molar-refractivity contribution in [1.29, 1.82) is 0 Å². The van der Waals surface area contributed by atoms with Crippen molar-refractivity contribution in [2.75, 3.05) is 32.8 Å². The van der Waals surface area contributed by atoms with Gasteiger partial charge >= 0.3 is 6.03 Å². The molecule has 1 unspecified atom stereocenters. The average molecular weight is 241 g/mol. The van der Waals surface area contributed by atoms with Crippen LogP contribution in [-0.2, 0) is 9.53 Å². The predicted octanol–water partition coefficient (Wildman–Crippen LogP) is -0.303. The number of hydrogen-bond acceptors (Lipinski definition) is 3. The summed E-state index contributed by atoms with van der Waals surface area (Å²) in [4.78, 5) is 24.9. The van der Waals surface area contributed by atoms with Crippen molar-refractivity contribution in [1.82, 2.24) is 15.5 Å². The molecule has 17 heavy (non-hydrogen) atoms. The summed E-state index contributed by atoms with van der Waals surface area (Å²) in [6.45, 7) is 2.97. The minimum atomic E-state index is -0.284. The van der Waals surface area contributed by atoms with Gasteiger partial charge in [-0.25, -0.2) is 4.79 Å². The molecule has 2 saturated heterocycles. The maximum Gasteiger partial charge on any atom is 0.315 e. The Morgan fingerprint density at radius 2 is 2.06 bits per heavy atom. The van der Waals surface area contributed by atoms with Gasteiger partial charge < -0.3 is 20.3 Å². The van der Waals surface area contributed by atoms with Crippen LogP contribution in [-0.4, -0.2) is 55.7 Å². The Bertz CT molecular complexity index is 284. The highest BCUT2D eigenvalue weighted by molar-refractivity contribution is 5.84. The van der Waals surface area contributed by atoms with Crippen LogP contribution in [0.1, 0.15) is 19.3 Å². The summed E-state index contributed by atoms with van der Waals surface area (Å²) in [5, 5.41) is 5.37. The molecule has 2 heterocycles. The van der Waals surface area contributed by atoms with Crippen molar-refractivity contribution in [3.05, 3.63) is 0 Å². The molecule has 0 aliphatic carbocycles. The molecule has 3 amide bonds. The molecule has 0 bridgehead atoms. The Morgan fingerprint density at radius 3 is 2.71 bits per heavy atom. The van der Waals surface area contributed by atoms with E-state index in [0.717, 1.165) is 32.4 Å². The van der Waals surface area contributed by atoms with Crippen LogP contribution in [0.15, 0.2) is 0 Å². The third-order valence-corrected chi connectivity index (χ3v) is 3.12. The predicted molar refractivity (Wildman–Crippen MR) is 61.6 cm³/mol. The lowest BCUT2D eigenvalue weighted by molar-refractivity contribution is -0.128. The first kappa shape index (κ1) is 12.2. The fourth-order valence-electron chi connectivity index (χ4n) is 2.12. The Morgan fingerprint density at radius 1 is 1.29 bits per heavy atom. The molecule has 0 saturated carbocycles. The van der Waals surface area contributed by atoms with E-state index in [-0.39, 0.29) is 24.5 Å². The molecule has 6 nitrogen and oxygen atoms in total. The van der Waals surface area contributed by atoms with Crippen LogP contribution in [0.2, 0.25) is 0 Å². The Labute approximate surface area is 101 Å². The molecule has 0 aromatic carbocycles. The summed E-state index contributed by atoms with van der Waals surface area (Å²) < 4.78 is 5.15. The van der Waals surface area contributed by atoms with E-state index in [1.165, 1.54) is 0 Å². The van der Waals surface area contributed by atoms with Crippen molar-refractivity contribution in [2.45, 2.75) is 25.3 Å². The topological polar surface area (TPSA) is 70.7 Å². The summed E-state index contributed by atoms with van der Waals surface area (Å²) in [6, 6.07) is -0.204. The van der Waals surface area contributed by atoms with E-state index in [0.29, 0.717) is 13.2 Å². The van der Waals surface area contributed by atoms with Crippen molar-refractivity contribution in [3.8, 4) is 0 Å². The summed E-state index contributed by atoms with van der Waals surface area (Å²) in [6.07, 6.45) is 2.97. The standard InChI is InChI=1S/C11H19N3O3/c15-10(14-4-1-2-5-14)7-12-11(16)13-9-3-6-17-8-9/h9H,1-8H2,(H2,12,13,16). The number of hydrogen-bond donors (Lipinski definition) is 2. The monoisotopic (exact) mass is 241 g/mol. The largest absolute Gasteiger partial charge is 0.379 e. The summed E-state index contributed by atoms with van der Waals surface area (Å²) in [5.74, 6) is 0.000298. The van der Waals surface area contributed by atoms with Gasteiger partial charge in [-0.3, -0.25) is 4.79 Å².